The fourth-order valence-electron chi connectivity index (χ4n) is 1.61. The largest absolute Gasteiger partial charge is 0.504 e. The molecule has 2 N–H and O–H groups in total. The maximum absolute atomic E-state index is 9.74. The van der Waals surface area contributed by atoms with Crippen molar-refractivity contribution in [3.05, 3.63) is 53.6 Å². The highest BCUT2D eigenvalue weighted by atomic mass is 35.5. The molecular weight excluding hydrogens is 252 g/mol. The number of phenolic OH excluding ortho intramolecular Hbond substituents is 2. The zero-order valence-corrected chi connectivity index (χ0v) is 10.4. The summed E-state index contributed by atoms with van der Waals surface area (Å²) in [6, 6.07) is 12.5. The second-order valence-corrected chi connectivity index (χ2v) is 4.14. The van der Waals surface area contributed by atoms with E-state index in [1.807, 2.05) is 30.3 Å². The lowest BCUT2D eigenvalue weighted by molar-refractivity contribution is 0.273. The minimum Gasteiger partial charge on any atom is -0.504 e. The van der Waals surface area contributed by atoms with Crippen LogP contribution in [0.2, 0.25) is 0 Å². The third-order valence-corrected chi connectivity index (χ3v) is 2.80. The summed E-state index contributed by atoms with van der Waals surface area (Å²) in [7, 11) is 0. The molecule has 0 saturated carbocycles. The number of rotatable bonds is 4. The third-order valence-electron chi connectivity index (χ3n) is 2.49. The molecule has 3 nitrogen and oxygen atoms in total. The number of alkyl halides is 1. The smallest absolute Gasteiger partial charge is 0.203 e. The van der Waals surface area contributed by atoms with Crippen molar-refractivity contribution in [1.29, 1.82) is 0 Å². The second kappa shape index (κ2) is 5.65. The van der Waals surface area contributed by atoms with Crippen molar-refractivity contribution in [1.82, 2.24) is 0 Å². The van der Waals surface area contributed by atoms with Gasteiger partial charge in [-0.1, -0.05) is 30.3 Å². The number of hydrogen-bond acceptors (Lipinski definition) is 3. The van der Waals surface area contributed by atoms with Crippen molar-refractivity contribution in [3.63, 3.8) is 0 Å². The molecule has 0 fully saturated rings. The lowest BCUT2D eigenvalue weighted by Crippen LogP contribution is -1.96. The van der Waals surface area contributed by atoms with Crippen LogP contribution in [0.15, 0.2) is 42.5 Å². The molecule has 0 radical (unpaired) electrons. The standard InChI is InChI=1S/C14H13ClO3/c15-8-11-6-12(16)14(13(17)7-11)18-9-10-4-2-1-3-5-10/h1-7,16-17H,8-9H2. The highest BCUT2D eigenvalue weighted by Crippen LogP contribution is 2.37. The van der Waals surface area contributed by atoms with Crippen molar-refractivity contribution in [2.24, 2.45) is 0 Å². The molecule has 0 bridgehead atoms. The first-order valence-corrected chi connectivity index (χ1v) is 6.01. The fourth-order valence-corrected chi connectivity index (χ4v) is 1.76. The molecule has 0 atom stereocenters. The molecule has 0 aliphatic carbocycles. The van der Waals surface area contributed by atoms with Crippen LogP contribution in [0.5, 0.6) is 17.2 Å². The quantitative estimate of drug-likeness (QED) is 0.832. The summed E-state index contributed by atoms with van der Waals surface area (Å²) in [5, 5.41) is 19.5. The first-order valence-electron chi connectivity index (χ1n) is 5.48. The van der Waals surface area contributed by atoms with Crippen LogP contribution in [0, 0.1) is 0 Å². The zero-order chi connectivity index (χ0) is 13.0. The van der Waals surface area contributed by atoms with Gasteiger partial charge in [-0.3, -0.25) is 0 Å². The normalized spacial score (nSPS) is 10.3. The Kier molecular flexibility index (Phi) is 3.95. The van der Waals surface area contributed by atoms with Crippen molar-refractivity contribution >= 4 is 11.6 Å². The van der Waals surface area contributed by atoms with E-state index >= 15 is 0 Å². The molecule has 0 aliphatic heterocycles. The van der Waals surface area contributed by atoms with Gasteiger partial charge in [-0.05, 0) is 23.3 Å². The SMILES string of the molecule is Oc1cc(CCl)cc(O)c1OCc1ccccc1. The van der Waals surface area contributed by atoms with Gasteiger partial charge in [0.1, 0.15) is 6.61 Å². The predicted octanol–water partition coefficient (Wildman–Crippen LogP) is 3.42. The van der Waals surface area contributed by atoms with E-state index in [-0.39, 0.29) is 29.7 Å². The Morgan fingerprint density at radius 3 is 2.11 bits per heavy atom. The Balaban J connectivity index is 2.15. The number of hydrogen-bond donors (Lipinski definition) is 2. The van der Waals surface area contributed by atoms with E-state index < -0.39 is 0 Å². The minimum absolute atomic E-state index is 0.0766. The average molecular weight is 265 g/mol. The topological polar surface area (TPSA) is 49.7 Å². The Morgan fingerprint density at radius 1 is 0.944 bits per heavy atom. The first kappa shape index (κ1) is 12.6. The molecule has 0 saturated heterocycles. The maximum atomic E-state index is 9.74. The molecule has 0 aliphatic rings. The molecule has 0 aromatic heterocycles. The van der Waals surface area contributed by atoms with Crippen LogP contribution >= 0.6 is 11.6 Å². The van der Waals surface area contributed by atoms with Crippen molar-refractivity contribution < 1.29 is 14.9 Å². The van der Waals surface area contributed by atoms with Gasteiger partial charge in [0.05, 0.1) is 0 Å². The van der Waals surface area contributed by atoms with Crippen LogP contribution < -0.4 is 4.74 Å². The summed E-state index contributed by atoms with van der Waals surface area (Å²) < 4.78 is 5.41. The first-order chi connectivity index (χ1) is 8.70. The number of aromatic hydroxyl groups is 2. The summed E-state index contributed by atoms with van der Waals surface area (Å²) in [5.74, 6) is 0.0796. The molecule has 2 rings (SSSR count). The lowest BCUT2D eigenvalue weighted by atomic mass is 10.2. The molecular formula is C14H13ClO3. The predicted molar refractivity (Wildman–Crippen MR) is 70.1 cm³/mol. The number of ether oxygens (including phenoxy) is 1. The van der Waals surface area contributed by atoms with Crippen molar-refractivity contribution in [2.45, 2.75) is 12.5 Å². The average Bonchev–Trinajstić information content (AvgIpc) is 2.38. The van der Waals surface area contributed by atoms with E-state index in [9.17, 15) is 10.2 Å². The highest BCUT2D eigenvalue weighted by Gasteiger charge is 2.11. The van der Waals surface area contributed by atoms with E-state index in [0.717, 1.165) is 5.56 Å². The highest BCUT2D eigenvalue weighted by molar-refractivity contribution is 6.17. The summed E-state index contributed by atoms with van der Waals surface area (Å²) in [6.07, 6.45) is 0. The Bertz CT molecular complexity index is 503. The number of benzene rings is 2. The number of phenols is 2. The van der Waals surface area contributed by atoms with Crippen molar-refractivity contribution in [2.75, 3.05) is 0 Å². The van der Waals surface area contributed by atoms with E-state index in [1.54, 1.807) is 0 Å². The molecule has 0 heterocycles. The van der Waals surface area contributed by atoms with Crippen LogP contribution in [0.4, 0.5) is 0 Å². The number of halogens is 1. The molecule has 94 valence electrons. The van der Waals surface area contributed by atoms with Gasteiger partial charge < -0.3 is 14.9 Å². The lowest BCUT2D eigenvalue weighted by Gasteiger charge is -2.11. The zero-order valence-electron chi connectivity index (χ0n) is 9.64. The van der Waals surface area contributed by atoms with Crippen LogP contribution in [0.3, 0.4) is 0 Å². The Morgan fingerprint density at radius 2 is 1.56 bits per heavy atom. The van der Waals surface area contributed by atoms with Gasteiger partial charge in [-0.25, -0.2) is 0 Å². The second-order valence-electron chi connectivity index (χ2n) is 3.87. The van der Waals surface area contributed by atoms with E-state index in [2.05, 4.69) is 0 Å². The van der Waals surface area contributed by atoms with Crippen LogP contribution in [-0.2, 0) is 12.5 Å². The van der Waals surface area contributed by atoms with Gasteiger partial charge in [-0.15, -0.1) is 11.6 Å². The van der Waals surface area contributed by atoms with Gasteiger partial charge in [0, 0.05) is 5.88 Å². The van der Waals surface area contributed by atoms with E-state index in [1.165, 1.54) is 12.1 Å². The van der Waals surface area contributed by atoms with Gasteiger partial charge in [0.2, 0.25) is 5.75 Å². The Hall–Kier alpha value is -1.87. The molecule has 0 amide bonds. The molecule has 4 heteroatoms. The fraction of sp³-hybridized carbons (Fsp3) is 0.143. The van der Waals surface area contributed by atoms with Gasteiger partial charge in [-0.2, -0.15) is 0 Å². The van der Waals surface area contributed by atoms with Gasteiger partial charge in [0.15, 0.2) is 11.5 Å². The van der Waals surface area contributed by atoms with Crippen LogP contribution in [0.25, 0.3) is 0 Å². The Labute approximate surface area is 110 Å². The van der Waals surface area contributed by atoms with E-state index in [0.29, 0.717) is 5.56 Å². The third kappa shape index (κ3) is 2.87. The molecule has 0 unspecified atom stereocenters. The summed E-state index contributed by atoms with van der Waals surface area (Å²) in [6.45, 7) is 0.280. The summed E-state index contributed by atoms with van der Waals surface area (Å²) >= 11 is 5.63. The molecule has 2 aromatic rings. The minimum atomic E-state index is -0.110. The van der Waals surface area contributed by atoms with Crippen LogP contribution in [-0.4, -0.2) is 10.2 Å². The monoisotopic (exact) mass is 264 g/mol. The molecule has 0 spiro atoms. The maximum Gasteiger partial charge on any atom is 0.203 e. The van der Waals surface area contributed by atoms with Crippen molar-refractivity contribution in [3.8, 4) is 17.2 Å². The molecule has 2 aromatic carbocycles. The van der Waals surface area contributed by atoms with E-state index in [4.69, 9.17) is 16.3 Å². The summed E-state index contributed by atoms with van der Waals surface area (Å²) in [4.78, 5) is 0. The van der Waals surface area contributed by atoms with Crippen LogP contribution in [0.1, 0.15) is 11.1 Å². The van der Waals surface area contributed by atoms with Gasteiger partial charge >= 0.3 is 0 Å². The molecule has 18 heavy (non-hydrogen) atoms. The van der Waals surface area contributed by atoms with Gasteiger partial charge in [0.25, 0.3) is 0 Å². The summed E-state index contributed by atoms with van der Waals surface area (Å²) in [5.41, 5.74) is 1.59.